The zero-order valence-corrected chi connectivity index (χ0v) is 14.3. The van der Waals surface area contributed by atoms with Crippen molar-refractivity contribution in [1.29, 1.82) is 0 Å². The highest BCUT2D eigenvalue weighted by molar-refractivity contribution is 5.81. The summed E-state index contributed by atoms with van der Waals surface area (Å²) in [5, 5.41) is 19.8. The maximum atomic E-state index is 5.93. The Morgan fingerprint density at radius 1 is 1.27 bits per heavy atom. The smallest absolute Gasteiger partial charge is 0.222 e. The molecular weight excluding hydrogens is 332 g/mol. The summed E-state index contributed by atoms with van der Waals surface area (Å²) in [5.74, 6) is 0.700. The molecule has 3 aromatic heterocycles. The number of aryl methyl sites for hydroxylation is 1. The molecule has 0 spiro atoms. The Morgan fingerprint density at radius 3 is 3.08 bits per heavy atom. The molecule has 0 saturated carbocycles. The number of aromatic nitrogens is 7. The van der Waals surface area contributed by atoms with Crippen LogP contribution in [0.1, 0.15) is 24.5 Å². The first kappa shape index (κ1) is 15.2. The van der Waals surface area contributed by atoms with E-state index in [2.05, 4.69) is 25.9 Å². The van der Waals surface area contributed by atoms with E-state index in [-0.39, 0.29) is 12.1 Å². The summed E-state index contributed by atoms with van der Waals surface area (Å²) in [6.45, 7) is 0.687. The largest absolute Gasteiger partial charge is 0.373 e. The normalized spacial score (nSPS) is 20.7. The average Bonchev–Trinajstić information content (AvgIpc) is 3.31. The standard InChI is InChI=1S/C17H18N8O/c1-24-10-11(9-18-24)15-8-12(6-7-26-15)19-16-17-21-22-23-25(17)14-5-3-2-4-13(14)20-16/h2-5,9-10,12,15H,6-8H2,1H3,(H,19,20). The number of hydrogen-bond donors (Lipinski definition) is 1. The molecular formula is C17H18N8O. The van der Waals surface area contributed by atoms with Crippen molar-refractivity contribution in [2.24, 2.45) is 7.05 Å². The molecule has 1 saturated heterocycles. The van der Waals surface area contributed by atoms with Crippen LogP contribution in [0.15, 0.2) is 36.7 Å². The molecule has 5 rings (SSSR count). The van der Waals surface area contributed by atoms with Crippen molar-refractivity contribution >= 4 is 22.5 Å². The van der Waals surface area contributed by atoms with Crippen molar-refractivity contribution in [3.8, 4) is 0 Å². The summed E-state index contributed by atoms with van der Waals surface area (Å²) >= 11 is 0. The first-order valence-electron chi connectivity index (χ1n) is 8.61. The van der Waals surface area contributed by atoms with Crippen molar-refractivity contribution in [3.05, 3.63) is 42.2 Å². The Kier molecular flexibility index (Phi) is 3.52. The van der Waals surface area contributed by atoms with Crippen LogP contribution in [0.25, 0.3) is 16.7 Å². The van der Waals surface area contributed by atoms with Gasteiger partial charge in [0, 0.05) is 31.5 Å². The number of nitrogens with one attached hydrogen (secondary N) is 1. The summed E-state index contributed by atoms with van der Waals surface area (Å²) in [4.78, 5) is 4.74. The minimum atomic E-state index is 0.0300. The van der Waals surface area contributed by atoms with Gasteiger partial charge in [-0.15, -0.1) is 5.10 Å². The van der Waals surface area contributed by atoms with E-state index in [9.17, 15) is 0 Å². The van der Waals surface area contributed by atoms with Gasteiger partial charge in [0.15, 0.2) is 5.82 Å². The van der Waals surface area contributed by atoms with Crippen LogP contribution in [0.5, 0.6) is 0 Å². The van der Waals surface area contributed by atoms with Gasteiger partial charge in [-0.3, -0.25) is 4.68 Å². The molecule has 132 valence electrons. The number of rotatable bonds is 3. The highest BCUT2D eigenvalue weighted by atomic mass is 16.5. The van der Waals surface area contributed by atoms with Crippen LogP contribution < -0.4 is 5.32 Å². The SMILES string of the molecule is Cn1cc(C2CC(Nc3nc4ccccc4n4nnnc34)CCO2)cn1. The van der Waals surface area contributed by atoms with E-state index < -0.39 is 0 Å². The fourth-order valence-electron chi connectivity index (χ4n) is 3.46. The number of ether oxygens (including phenoxy) is 1. The van der Waals surface area contributed by atoms with Crippen LogP contribution in [-0.2, 0) is 11.8 Å². The second kappa shape index (κ2) is 6.03. The first-order chi connectivity index (χ1) is 12.8. The lowest BCUT2D eigenvalue weighted by molar-refractivity contribution is 0.00972. The molecule has 4 aromatic rings. The summed E-state index contributed by atoms with van der Waals surface area (Å²) in [6.07, 6.45) is 5.64. The number of tetrazole rings is 1. The number of anilines is 1. The zero-order chi connectivity index (χ0) is 17.5. The maximum absolute atomic E-state index is 5.93. The molecule has 0 aliphatic carbocycles. The van der Waals surface area contributed by atoms with Crippen molar-refractivity contribution in [2.75, 3.05) is 11.9 Å². The van der Waals surface area contributed by atoms with Gasteiger partial charge < -0.3 is 10.1 Å². The predicted molar refractivity (Wildman–Crippen MR) is 94.6 cm³/mol. The molecule has 0 radical (unpaired) electrons. The number of para-hydroxylation sites is 2. The molecule has 9 nitrogen and oxygen atoms in total. The van der Waals surface area contributed by atoms with Crippen LogP contribution in [0, 0.1) is 0 Å². The quantitative estimate of drug-likeness (QED) is 0.601. The zero-order valence-electron chi connectivity index (χ0n) is 14.3. The molecule has 2 atom stereocenters. The third-order valence-electron chi connectivity index (χ3n) is 4.74. The van der Waals surface area contributed by atoms with Gasteiger partial charge in [-0.2, -0.15) is 9.61 Å². The van der Waals surface area contributed by atoms with Gasteiger partial charge in [-0.05, 0) is 35.4 Å². The molecule has 0 amide bonds. The van der Waals surface area contributed by atoms with Crippen LogP contribution in [0.4, 0.5) is 5.82 Å². The number of fused-ring (bicyclic) bond motifs is 3. The number of hydrogen-bond acceptors (Lipinski definition) is 7. The lowest BCUT2D eigenvalue weighted by Gasteiger charge is -2.30. The fraction of sp³-hybridized carbons (Fsp3) is 0.353. The summed E-state index contributed by atoms with van der Waals surface area (Å²) in [5.41, 5.74) is 3.47. The van der Waals surface area contributed by atoms with Gasteiger partial charge in [0.05, 0.1) is 23.3 Å². The number of nitrogens with zero attached hydrogens (tertiary/aromatic N) is 7. The van der Waals surface area contributed by atoms with E-state index >= 15 is 0 Å². The second-order valence-corrected chi connectivity index (χ2v) is 6.54. The third kappa shape index (κ3) is 2.57. The Hall–Kier alpha value is -3.07. The minimum absolute atomic E-state index is 0.0300. The van der Waals surface area contributed by atoms with Gasteiger partial charge in [0.2, 0.25) is 5.65 Å². The van der Waals surface area contributed by atoms with E-state index in [0.717, 1.165) is 29.4 Å². The van der Waals surface area contributed by atoms with Crippen LogP contribution in [-0.4, -0.2) is 47.5 Å². The molecule has 0 bridgehead atoms. The van der Waals surface area contributed by atoms with Gasteiger partial charge in [-0.25, -0.2) is 4.98 Å². The Bertz CT molecular complexity index is 1070. The summed E-state index contributed by atoms with van der Waals surface area (Å²) in [7, 11) is 1.91. The van der Waals surface area contributed by atoms with Gasteiger partial charge in [0.25, 0.3) is 0 Å². The van der Waals surface area contributed by atoms with Crippen molar-refractivity contribution in [2.45, 2.75) is 25.0 Å². The van der Waals surface area contributed by atoms with E-state index in [1.165, 1.54) is 0 Å². The van der Waals surface area contributed by atoms with Gasteiger partial charge >= 0.3 is 0 Å². The van der Waals surface area contributed by atoms with E-state index in [1.54, 1.807) is 9.20 Å². The molecule has 1 N–H and O–H groups in total. The summed E-state index contributed by atoms with van der Waals surface area (Å²) < 4.78 is 9.45. The molecule has 4 heterocycles. The molecule has 2 unspecified atom stereocenters. The van der Waals surface area contributed by atoms with Crippen molar-refractivity contribution in [1.82, 2.24) is 34.8 Å². The van der Waals surface area contributed by atoms with Crippen molar-refractivity contribution in [3.63, 3.8) is 0 Å². The molecule has 9 heteroatoms. The Labute approximate surface area is 149 Å². The maximum Gasteiger partial charge on any atom is 0.222 e. The third-order valence-corrected chi connectivity index (χ3v) is 4.74. The number of benzene rings is 1. The molecule has 1 aliphatic heterocycles. The Balaban J connectivity index is 1.45. The van der Waals surface area contributed by atoms with Gasteiger partial charge in [0.1, 0.15) is 0 Å². The second-order valence-electron chi connectivity index (χ2n) is 6.54. The van der Waals surface area contributed by atoms with E-state index in [4.69, 9.17) is 9.72 Å². The molecule has 1 aliphatic rings. The lowest BCUT2D eigenvalue weighted by Crippen LogP contribution is -2.30. The van der Waals surface area contributed by atoms with Crippen molar-refractivity contribution < 1.29 is 4.74 Å². The minimum Gasteiger partial charge on any atom is -0.373 e. The predicted octanol–water partition coefficient (Wildman–Crippen LogP) is 1.74. The van der Waals surface area contributed by atoms with Crippen LogP contribution in [0.2, 0.25) is 0 Å². The molecule has 1 aromatic carbocycles. The first-order valence-corrected chi connectivity index (χ1v) is 8.61. The highest BCUT2D eigenvalue weighted by Crippen LogP contribution is 2.30. The van der Waals surface area contributed by atoms with E-state index in [1.807, 2.05) is 43.7 Å². The fourth-order valence-corrected chi connectivity index (χ4v) is 3.46. The van der Waals surface area contributed by atoms with E-state index in [0.29, 0.717) is 18.1 Å². The Morgan fingerprint density at radius 2 is 2.19 bits per heavy atom. The highest BCUT2D eigenvalue weighted by Gasteiger charge is 2.26. The lowest BCUT2D eigenvalue weighted by atomic mass is 9.99. The van der Waals surface area contributed by atoms with Gasteiger partial charge in [-0.1, -0.05) is 12.1 Å². The molecule has 26 heavy (non-hydrogen) atoms. The molecule has 1 fully saturated rings. The monoisotopic (exact) mass is 350 g/mol. The van der Waals surface area contributed by atoms with Crippen LogP contribution in [0.3, 0.4) is 0 Å². The topological polar surface area (TPSA) is 95.1 Å². The van der Waals surface area contributed by atoms with Crippen LogP contribution >= 0.6 is 0 Å². The summed E-state index contributed by atoms with van der Waals surface area (Å²) in [6, 6.07) is 8.06. The average molecular weight is 350 g/mol.